The lowest BCUT2D eigenvalue weighted by Crippen LogP contribution is -2.39. The molecule has 1 saturated heterocycles. The first kappa shape index (κ1) is 16.6. The summed E-state index contributed by atoms with van der Waals surface area (Å²) in [6, 6.07) is 6.24. The zero-order valence-electron chi connectivity index (χ0n) is 13.8. The second kappa shape index (κ2) is 6.73. The Bertz CT molecular complexity index is 765. The van der Waals surface area contributed by atoms with Gasteiger partial charge in [-0.25, -0.2) is 9.78 Å². The fourth-order valence-corrected chi connectivity index (χ4v) is 4.05. The predicted octanol–water partition coefficient (Wildman–Crippen LogP) is 3.48. The summed E-state index contributed by atoms with van der Waals surface area (Å²) in [6.45, 7) is 5.43. The van der Waals surface area contributed by atoms with Crippen LogP contribution in [0.25, 0.3) is 0 Å². The van der Waals surface area contributed by atoms with Gasteiger partial charge >= 0.3 is 5.97 Å². The first-order valence-electron chi connectivity index (χ1n) is 8.02. The van der Waals surface area contributed by atoms with E-state index in [-0.39, 0.29) is 17.4 Å². The minimum Gasteiger partial charge on any atom is -0.478 e. The summed E-state index contributed by atoms with van der Waals surface area (Å²) >= 11 is 1.71. The van der Waals surface area contributed by atoms with Gasteiger partial charge in [0, 0.05) is 29.4 Å². The van der Waals surface area contributed by atoms with E-state index in [1.54, 1.807) is 23.5 Å². The van der Waals surface area contributed by atoms with E-state index in [1.807, 2.05) is 11.8 Å². The standard InChI is InChI=1S/C18H20N2O3S/c1-11-12(2)24-16(19-11)15-7-4-8-20(10-15)17(21)13-5-3-6-14(9-13)18(22)23/h3,5-6,9,15H,4,7-8,10H2,1-2H3,(H,22,23). The summed E-state index contributed by atoms with van der Waals surface area (Å²) in [5.41, 5.74) is 1.63. The van der Waals surface area contributed by atoms with Gasteiger partial charge in [-0.1, -0.05) is 6.07 Å². The number of thiazole rings is 1. The van der Waals surface area contributed by atoms with Gasteiger partial charge in [0.25, 0.3) is 5.91 Å². The highest BCUT2D eigenvalue weighted by Crippen LogP contribution is 2.31. The number of hydrogen-bond acceptors (Lipinski definition) is 4. The molecule has 1 N–H and O–H groups in total. The van der Waals surface area contributed by atoms with E-state index in [0.29, 0.717) is 18.7 Å². The number of likely N-dealkylation sites (tertiary alicyclic amines) is 1. The highest BCUT2D eigenvalue weighted by molar-refractivity contribution is 7.11. The number of rotatable bonds is 3. The molecule has 1 amide bonds. The number of carbonyl (C=O) groups excluding carboxylic acids is 1. The maximum atomic E-state index is 12.7. The van der Waals surface area contributed by atoms with Crippen LogP contribution in [0, 0.1) is 13.8 Å². The van der Waals surface area contributed by atoms with Crippen LogP contribution in [0.1, 0.15) is 55.1 Å². The van der Waals surface area contributed by atoms with Crippen molar-refractivity contribution >= 4 is 23.2 Å². The second-order valence-corrected chi connectivity index (χ2v) is 7.40. The van der Waals surface area contributed by atoms with E-state index >= 15 is 0 Å². The molecule has 3 rings (SSSR count). The first-order chi connectivity index (χ1) is 11.5. The number of carbonyl (C=O) groups is 2. The van der Waals surface area contributed by atoms with Crippen LogP contribution in [0.5, 0.6) is 0 Å². The molecule has 6 heteroatoms. The molecule has 1 unspecified atom stereocenters. The third-order valence-electron chi connectivity index (χ3n) is 4.46. The van der Waals surface area contributed by atoms with Gasteiger partial charge in [-0.3, -0.25) is 4.79 Å². The number of carboxylic acids is 1. The third kappa shape index (κ3) is 3.33. The van der Waals surface area contributed by atoms with Crippen molar-refractivity contribution in [2.45, 2.75) is 32.6 Å². The molecule has 24 heavy (non-hydrogen) atoms. The minimum atomic E-state index is -1.02. The smallest absolute Gasteiger partial charge is 0.335 e. The molecule has 5 nitrogen and oxygen atoms in total. The van der Waals surface area contributed by atoms with Crippen molar-refractivity contribution in [3.8, 4) is 0 Å². The van der Waals surface area contributed by atoms with Crippen molar-refractivity contribution in [1.82, 2.24) is 9.88 Å². The molecule has 0 spiro atoms. The van der Waals surface area contributed by atoms with Crippen LogP contribution in [0.4, 0.5) is 0 Å². The SMILES string of the molecule is Cc1nc(C2CCCN(C(=O)c3cccc(C(=O)O)c3)C2)sc1C. The van der Waals surface area contributed by atoms with Gasteiger partial charge in [-0.2, -0.15) is 0 Å². The molecule has 2 aromatic rings. The van der Waals surface area contributed by atoms with Gasteiger partial charge in [0.05, 0.1) is 16.3 Å². The molecule has 1 atom stereocenters. The maximum Gasteiger partial charge on any atom is 0.335 e. The molecule has 126 valence electrons. The highest BCUT2D eigenvalue weighted by atomic mass is 32.1. The molecule has 1 aromatic carbocycles. The average Bonchev–Trinajstić information content (AvgIpc) is 2.93. The lowest BCUT2D eigenvalue weighted by atomic mass is 9.97. The van der Waals surface area contributed by atoms with E-state index < -0.39 is 5.97 Å². The van der Waals surface area contributed by atoms with Crippen LogP contribution in [0.3, 0.4) is 0 Å². The van der Waals surface area contributed by atoms with Crippen molar-refractivity contribution in [1.29, 1.82) is 0 Å². The van der Waals surface area contributed by atoms with Crippen molar-refractivity contribution in [2.75, 3.05) is 13.1 Å². The van der Waals surface area contributed by atoms with Crippen molar-refractivity contribution in [3.05, 3.63) is 51.0 Å². The van der Waals surface area contributed by atoms with Crippen LogP contribution in [-0.4, -0.2) is 40.0 Å². The number of carboxylic acid groups (broad SMARTS) is 1. The molecule has 0 saturated carbocycles. The van der Waals surface area contributed by atoms with Crippen molar-refractivity contribution in [2.24, 2.45) is 0 Å². The number of aromatic carboxylic acids is 1. The molecule has 1 aromatic heterocycles. The number of amides is 1. The summed E-state index contributed by atoms with van der Waals surface area (Å²) in [6.07, 6.45) is 1.97. The van der Waals surface area contributed by atoms with Crippen LogP contribution in [-0.2, 0) is 0 Å². The van der Waals surface area contributed by atoms with Crippen LogP contribution < -0.4 is 0 Å². The number of piperidine rings is 1. The molecule has 0 aliphatic carbocycles. The Hall–Kier alpha value is -2.21. The molecular weight excluding hydrogens is 324 g/mol. The van der Waals surface area contributed by atoms with E-state index in [9.17, 15) is 9.59 Å². The number of aryl methyl sites for hydroxylation is 2. The zero-order chi connectivity index (χ0) is 17.3. The van der Waals surface area contributed by atoms with Gasteiger partial charge < -0.3 is 10.0 Å². The quantitative estimate of drug-likeness (QED) is 0.925. The Morgan fingerprint density at radius 2 is 2.04 bits per heavy atom. The molecule has 0 bridgehead atoms. The summed E-state index contributed by atoms with van der Waals surface area (Å²) in [5, 5.41) is 10.2. The van der Waals surface area contributed by atoms with Gasteiger partial charge in [0.1, 0.15) is 0 Å². The van der Waals surface area contributed by atoms with Gasteiger partial charge in [0.15, 0.2) is 0 Å². The number of aromatic nitrogens is 1. The monoisotopic (exact) mass is 344 g/mol. The summed E-state index contributed by atoms with van der Waals surface area (Å²) in [7, 11) is 0. The number of nitrogens with zero attached hydrogens (tertiary/aromatic N) is 2. The molecule has 2 heterocycles. The molecule has 1 fully saturated rings. The Kier molecular flexibility index (Phi) is 4.66. The second-order valence-electron chi connectivity index (χ2n) is 6.17. The van der Waals surface area contributed by atoms with Crippen LogP contribution >= 0.6 is 11.3 Å². The van der Waals surface area contributed by atoms with Crippen molar-refractivity contribution < 1.29 is 14.7 Å². The Balaban J connectivity index is 1.78. The Morgan fingerprint density at radius 3 is 2.71 bits per heavy atom. The average molecular weight is 344 g/mol. The number of hydrogen-bond donors (Lipinski definition) is 1. The molecular formula is C18H20N2O3S. The Labute approximate surface area is 145 Å². The summed E-state index contributed by atoms with van der Waals surface area (Å²) < 4.78 is 0. The van der Waals surface area contributed by atoms with Crippen LogP contribution in [0.2, 0.25) is 0 Å². The van der Waals surface area contributed by atoms with Crippen molar-refractivity contribution in [3.63, 3.8) is 0 Å². The summed E-state index contributed by atoms with van der Waals surface area (Å²) in [4.78, 5) is 31.5. The Morgan fingerprint density at radius 1 is 1.29 bits per heavy atom. The van der Waals surface area contributed by atoms with Gasteiger partial charge in [0.2, 0.25) is 0 Å². The van der Waals surface area contributed by atoms with E-state index in [0.717, 1.165) is 23.5 Å². The van der Waals surface area contributed by atoms with E-state index in [4.69, 9.17) is 5.11 Å². The lowest BCUT2D eigenvalue weighted by molar-refractivity contribution is 0.0697. The normalized spacial score (nSPS) is 17.8. The lowest BCUT2D eigenvalue weighted by Gasteiger charge is -2.32. The maximum absolute atomic E-state index is 12.7. The fourth-order valence-electron chi connectivity index (χ4n) is 3.00. The third-order valence-corrected chi connectivity index (χ3v) is 5.69. The topological polar surface area (TPSA) is 70.5 Å². The first-order valence-corrected chi connectivity index (χ1v) is 8.84. The largest absolute Gasteiger partial charge is 0.478 e. The zero-order valence-corrected chi connectivity index (χ0v) is 14.6. The number of benzene rings is 1. The molecule has 1 aliphatic rings. The van der Waals surface area contributed by atoms with E-state index in [1.165, 1.54) is 17.0 Å². The van der Waals surface area contributed by atoms with Gasteiger partial charge in [-0.15, -0.1) is 11.3 Å². The fraction of sp³-hybridized carbons (Fsp3) is 0.389. The minimum absolute atomic E-state index is 0.104. The predicted molar refractivity (Wildman–Crippen MR) is 92.9 cm³/mol. The van der Waals surface area contributed by atoms with E-state index in [2.05, 4.69) is 11.9 Å². The highest BCUT2D eigenvalue weighted by Gasteiger charge is 2.27. The molecule has 0 radical (unpaired) electrons. The van der Waals surface area contributed by atoms with Gasteiger partial charge in [-0.05, 0) is 44.9 Å². The molecule has 1 aliphatic heterocycles. The summed E-state index contributed by atoms with van der Waals surface area (Å²) in [5.74, 6) is -0.856. The van der Waals surface area contributed by atoms with Crippen LogP contribution in [0.15, 0.2) is 24.3 Å².